The molecule has 1 aliphatic rings. The van der Waals surface area contributed by atoms with Gasteiger partial charge in [0.15, 0.2) is 0 Å². The molecular weight excluding hydrogens is 424 g/mol. The minimum atomic E-state index is -1.04. The molecule has 0 aromatic rings. The van der Waals surface area contributed by atoms with Crippen molar-refractivity contribution in [1.29, 1.82) is 0 Å². The predicted molar refractivity (Wildman–Crippen MR) is 142 cm³/mol. The van der Waals surface area contributed by atoms with Crippen LogP contribution >= 0.6 is 0 Å². The molecule has 0 aromatic carbocycles. The highest BCUT2D eigenvalue weighted by Crippen LogP contribution is 2.37. The van der Waals surface area contributed by atoms with E-state index in [0.29, 0.717) is 11.8 Å². The monoisotopic (exact) mass is 474 g/mol. The number of ether oxygens (including phenoxy) is 1. The molecule has 0 radical (unpaired) electrons. The average molecular weight is 475 g/mol. The molecule has 0 aliphatic heterocycles. The van der Waals surface area contributed by atoms with Crippen LogP contribution in [0.2, 0.25) is 0 Å². The maximum atomic E-state index is 12.3. The number of ketones is 2. The topological polar surface area (TPSA) is 63.6 Å². The fourth-order valence-electron chi connectivity index (χ4n) is 5.05. The number of hydrogen-bond donors (Lipinski definition) is 1. The fraction of sp³-hybridized carbons (Fsp3) is 0.733. The Kier molecular flexibility index (Phi) is 11.6. The molecule has 194 valence electrons. The smallest absolute Gasteiger partial charge is 0.229 e. The van der Waals surface area contributed by atoms with Crippen LogP contribution in [-0.4, -0.2) is 36.0 Å². The van der Waals surface area contributed by atoms with Crippen LogP contribution in [0.4, 0.5) is 0 Å². The minimum absolute atomic E-state index is 0.113. The lowest BCUT2D eigenvalue weighted by atomic mass is 9.73. The van der Waals surface area contributed by atoms with Gasteiger partial charge in [-0.05, 0) is 70.6 Å². The summed E-state index contributed by atoms with van der Waals surface area (Å²) in [7, 11) is 1.37. The van der Waals surface area contributed by atoms with Gasteiger partial charge in [-0.3, -0.25) is 9.59 Å². The van der Waals surface area contributed by atoms with E-state index in [-0.39, 0.29) is 11.3 Å². The number of hydrogen-bond acceptors (Lipinski definition) is 4. The number of carbonyl (C=O) groups is 2. The lowest BCUT2D eigenvalue weighted by Crippen LogP contribution is -2.53. The Morgan fingerprint density at radius 1 is 0.941 bits per heavy atom. The highest BCUT2D eigenvalue weighted by Gasteiger charge is 2.47. The number of aliphatic hydroxyl groups is 1. The van der Waals surface area contributed by atoms with Gasteiger partial charge in [-0.1, -0.05) is 76.0 Å². The molecule has 4 heteroatoms. The van der Waals surface area contributed by atoms with Gasteiger partial charge in [0.25, 0.3) is 0 Å². The summed E-state index contributed by atoms with van der Waals surface area (Å²) in [5.74, 6) is -1.83. The third-order valence-electron chi connectivity index (χ3n) is 7.62. The second kappa shape index (κ2) is 13.0. The highest BCUT2D eigenvalue weighted by molar-refractivity contribution is 6.40. The van der Waals surface area contributed by atoms with Crippen molar-refractivity contribution >= 4 is 11.6 Å². The van der Waals surface area contributed by atoms with Crippen LogP contribution < -0.4 is 0 Å². The number of methoxy groups -OCH3 is 1. The summed E-state index contributed by atoms with van der Waals surface area (Å²) in [6, 6.07) is 0. The number of Topliss-reactive ketones (excluding diaryl/α,β-unsaturated/α-hetero) is 2. The first-order valence-electron chi connectivity index (χ1n) is 12.9. The predicted octanol–water partition coefficient (Wildman–Crippen LogP) is 7.02. The van der Waals surface area contributed by atoms with Crippen molar-refractivity contribution < 1.29 is 19.4 Å². The molecule has 0 bridgehead atoms. The van der Waals surface area contributed by atoms with E-state index < -0.39 is 29.7 Å². The van der Waals surface area contributed by atoms with Crippen molar-refractivity contribution in [3.63, 3.8) is 0 Å². The number of allylic oxidation sites excluding steroid dienone is 6. The molecule has 34 heavy (non-hydrogen) atoms. The maximum Gasteiger partial charge on any atom is 0.229 e. The zero-order valence-corrected chi connectivity index (χ0v) is 23.5. The molecule has 0 spiro atoms. The van der Waals surface area contributed by atoms with E-state index in [1.807, 2.05) is 0 Å². The van der Waals surface area contributed by atoms with Crippen molar-refractivity contribution in [3.05, 3.63) is 34.9 Å². The lowest BCUT2D eigenvalue weighted by molar-refractivity contribution is -0.160. The van der Waals surface area contributed by atoms with Gasteiger partial charge in [-0.15, -0.1) is 0 Å². The summed E-state index contributed by atoms with van der Waals surface area (Å²) in [6.07, 6.45) is 10.8. The quantitative estimate of drug-likeness (QED) is 0.244. The number of rotatable bonds is 12. The van der Waals surface area contributed by atoms with Gasteiger partial charge < -0.3 is 9.84 Å². The standard InChI is InChI=1S/C30H50O4/c1-11-30(9,17-14-20(2)3)19-22(5)15-16-29(7,8)18-21(4)12-13-24-23(6)25(31)27(33)28(34-10)26(24)32/h12,14-15,23-24,26,28,32H,11,13,16-19H2,1-10H3/b21-12+,22-15?. The SMILES string of the molecule is CCC(C)(CC=C(C)C)CC(C)=CCC(C)(C)C/C(C)=C/CC1C(C)C(=O)C(=O)C(OC)C1O. The first kappa shape index (κ1) is 30.5. The molecular formula is C30H50O4. The van der Waals surface area contributed by atoms with Crippen molar-refractivity contribution in [1.82, 2.24) is 0 Å². The lowest BCUT2D eigenvalue weighted by Gasteiger charge is -2.36. The number of carbonyl (C=O) groups excluding carboxylic acids is 2. The number of aliphatic hydroxyl groups excluding tert-OH is 1. The first-order valence-corrected chi connectivity index (χ1v) is 12.9. The van der Waals surface area contributed by atoms with E-state index in [9.17, 15) is 14.7 Å². The van der Waals surface area contributed by atoms with Crippen LogP contribution in [-0.2, 0) is 14.3 Å². The van der Waals surface area contributed by atoms with Gasteiger partial charge >= 0.3 is 0 Å². The van der Waals surface area contributed by atoms with E-state index >= 15 is 0 Å². The summed E-state index contributed by atoms with van der Waals surface area (Å²) in [4.78, 5) is 24.4. The molecule has 0 heterocycles. The molecule has 0 aromatic heterocycles. The molecule has 1 rings (SSSR count). The fourth-order valence-corrected chi connectivity index (χ4v) is 5.05. The van der Waals surface area contributed by atoms with Crippen LogP contribution in [0.1, 0.15) is 101 Å². The van der Waals surface area contributed by atoms with E-state index in [0.717, 1.165) is 32.1 Å². The Bertz CT molecular complexity index is 797. The van der Waals surface area contributed by atoms with Crippen LogP contribution in [0.25, 0.3) is 0 Å². The Morgan fingerprint density at radius 3 is 2.06 bits per heavy atom. The third kappa shape index (κ3) is 8.92. The van der Waals surface area contributed by atoms with E-state index in [4.69, 9.17) is 4.74 Å². The second-order valence-electron chi connectivity index (χ2n) is 12.0. The summed E-state index contributed by atoms with van der Waals surface area (Å²) >= 11 is 0. The van der Waals surface area contributed by atoms with Crippen molar-refractivity contribution in [2.45, 2.75) is 113 Å². The van der Waals surface area contributed by atoms with Gasteiger partial charge in [0.2, 0.25) is 11.6 Å². The van der Waals surface area contributed by atoms with Gasteiger partial charge in [0.1, 0.15) is 6.10 Å². The maximum absolute atomic E-state index is 12.3. The Morgan fingerprint density at radius 2 is 1.53 bits per heavy atom. The third-order valence-corrected chi connectivity index (χ3v) is 7.62. The summed E-state index contributed by atoms with van der Waals surface area (Å²) < 4.78 is 5.13. The molecule has 1 saturated carbocycles. The van der Waals surface area contributed by atoms with Gasteiger partial charge in [-0.2, -0.15) is 0 Å². The molecule has 1 fully saturated rings. The van der Waals surface area contributed by atoms with Crippen LogP contribution in [0.5, 0.6) is 0 Å². The molecule has 5 unspecified atom stereocenters. The van der Waals surface area contributed by atoms with Gasteiger partial charge in [0.05, 0.1) is 6.10 Å². The van der Waals surface area contributed by atoms with Crippen molar-refractivity contribution in [2.24, 2.45) is 22.7 Å². The highest BCUT2D eigenvalue weighted by atomic mass is 16.5. The largest absolute Gasteiger partial charge is 0.390 e. The second-order valence-corrected chi connectivity index (χ2v) is 12.0. The van der Waals surface area contributed by atoms with Crippen molar-refractivity contribution in [3.8, 4) is 0 Å². The normalized spacial score (nSPS) is 26.4. The molecule has 4 nitrogen and oxygen atoms in total. The molecule has 0 saturated heterocycles. The van der Waals surface area contributed by atoms with E-state index in [2.05, 4.69) is 73.6 Å². The Hall–Kier alpha value is -1.52. The average Bonchev–Trinajstić information content (AvgIpc) is 2.75. The van der Waals surface area contributed by atoms with Crippen molar-refractivity contribution in [2.75, 3.05) is 7.11 Å². The Balaban J connectivity index is 2.77. The summed E-state index contributed by atoms with van der Waals surface area (Å²) in [5.41, 5.74) is 4.49. The molecule has 1 aliphatic carbocycles. The summed E-state index contributed by atoms with van der Waals surface area (Å²) in [6.45, 7) is 19.7. The molecule has 5 atom stereocenters. The van der Waals surface area contributed by atoms with E-state index in [1.165, 1.54) is 23.8 Å². The van der Waals surface area contributed by atoms with Gasteiger partial charge in [0, 0.05) is 18.9 Å². The summed E-state index contributed by atoms with van der Waals surface area (Å²) in [5, 5.41) is 10.6. The van der Waals surface area contributed by atoms with Crippen LogP contribution in [0, 0.1) is 22.7 Å². The van der Waals surface area contributed by atoms with Gasteiger partial charge in [-0.25, -0.2) is 0 Å². The zero-order chi connectivity index (χ0) is 26.3. The molecule has 1 N–H and O–H groups in total. The van der Waals surface area contributed by atoms with Crippen LogP contribution in [0.3, 0.4) is 0 Å². The minimum Gasteiger partial charge on any atom is -0.390 e. The van der Waals surface area contributed by atoms with Crippen LogP contribution in [0.15, 0.2) is 34.9 Å². The Labute approximate surface area is 208 Å². The zero-order valence-electron chi connectivity index (χ0n) is 23.5. The van der Waals surface area contributed by atoms with E-state index in [1.54, 1.807) is 6.92 Å². The first-order chi connectivity index (χ1) is 15.7. The molecule has 0 amide bonds.